The molecule has 0 saturated heterocycles. The van der Waals surface area contributed by atoms with Crippen LogP contribution in [0.25, 0.3) is 28.0 Å². The highest BCUT2D eigenvalue weighted by Crippen LogP contribution is 2.40. The van der Waals surface area contributed by atoms with Gasteiger partial charge in [0.2, 0.25) is 0 Å². The Hall–Kier alpha value is -3.67. The highest BCUT2D eigenvalue weighted by atomic mass is 35.5. The summed E-state index contributed by atoms with van der Waals surface area (Å²) >= 11 is 12.6. The molecule has 0 spiro atoms. The number of methoxy groups -OCH3 is 1. The number of carbonyl (C=O) groups excluding carboxylic acids is 1. The lowest BCUT2D eigenvalue weighted by Crippen LogP contribution is -2.15. The van der Waals surface area contributed by atoms with Gasteiger partial charge in [-0.2, -0.15) is 0 Å². The zero-order valence-corrected chi connectivity index (χ0v) is 22.7. The molecule has 1 amide bonds. The summed E-state index contributed by atoms with van der Waals surface area (Å²) in [5, 5.41) is 4.18. The molecule has 1 aliphatic heterocycles. The second kappa shape index (κ2) is 9.90. The summed E-state index contributed by atoms with van der Waals surface area (Å²) < 4.78 is 9.77. The van der Waals surface area contributed by atoms with Gasteiger partial charge in [0.1, 0.15) is 17.1 Å². The number of nitrogens with zero attached hydrogens (tertiary/aromatic N) is 2. The Labute approximate surface area is 231 Å². The molecule has 0 saturated carbocycles. The van der Waals surface area contributed by atoms with E-state index in [0.29, 0.717) is 15.7 Å². The van der Waals surface area contributed by atoms with E-state index in [1.54, 1.807) is 7.11 Å². The van der Waals surface area contributed by atoms with Gasteiger partial charge in [0.05, 0.1) is 22.8 Å². The first-order chi connectivity index (χ1) is 18.4. The van der Waals surface area contributed by atoms with Crippen molar-refractivity contribution in [3.05, 3.63) is 99.8 Å². The maximum Gasteiger partial charge on any atom is 0.273 e. The van der Waals surface area contributed by atoms with Crippen molar-refractivity contribution in [3.8, 4) is 28.1 Å². The molecule has 3 heterocycles. The molecular formula is C31H27Cl2N3O2. The van der Waals surface area contributed by atoms with Gasteiger partial charge >= 0.3 is 0 Å². The fourth-order valence-corrected chi connectivity index (χ4v) is 5.77. The maximum atomic E-state index is 14.0. The van der Waals surface area contributed by atoms with Gasteiger partial charge < -0.3 is 14.6 Å². The average molecular weight is 544 g/mol. The summed E-state index contributed by atoms with van der Waals surface area (Å²) in [6, 6.07) is 21.5. The number of halogens is 2. The Morgan fingerprint density at radius 3 is 2.47 bits per heavy atom. The van der Waals surface area contributed by atoms with E-state index in [9.17, 15) is 4.79 Å². The van der Waals surface area contributed by atoms with Crippen LogP contribution in [0.1, 0.15) is 34.5 Å². The number of rotatable bonds is 5. The molecule has 0 atom stereocenters. The van der Waals surface area contributed by atoms with Crippen molar-refractivity contribution < 1.29 is 9.53 Å². The number of anilines is 1. The molecule has 38 heavy (non-hydrogen) atoms. The van der Waals surface area contributed by atoms with Crippen molar-refractivity contribution in [1.29, 1.82) is 0 Å². The first-order valence-electron chi connectivity index (χ1n) is 12.7. The average Bonchev–Trinajstić information content (AvgIpc) is 3.33. The topological polar surface area (TPSA) is 47.7 Å². The monoisotopic (exact) mass is 543 g/mol. The lowest BCUT2D eigenvalue weighted by Gasteiger charge is -2.11. The minimum absolute atomic E-state index is 0.152. The van der Waals surface area contributed by atoms with Crippen molar-refractivity contribution in [1.82, 2.24) is 8.97 Å². The van der Waals surface area contributed by atoms with E-state index in [4.69, 9.17) is 27.9 Å². The Kier molecular flexibility index (Phi) is 6.42. The highest BCUT2D eigenvalue weighted by Gasteiger charge is 2.29. The normalized spacial score (nSPS) is 12.9. The van der Waals surface area contributed by atoms with Crippen LogP contribution in [0.15, 0.2) is 72.9 Å². The molecule has 1 aliphatic rings. The molecule has 0 fully saturated rings. The van der Waals surface area contributed by atoms with Gasteiger partial charge in [0.25, 0.3) is 5.91 Å². The van der Waals surface area contributed by atoms with Crippen LogP contribution < -0.4 is 10.1 Å². The van der Waals surface area contributed by atoms with Crippen molar-refractivity contribution >= 4 is 40.4 Å². The van der Waals surface area contributed by atoms with E-state index in [1.165, 1.54) is 5.56 Å². The van der Waals surface area contributed by atoms with E-state index in [-0.39, 0.29) is 5.91 Å². The van der Waals surface area contributed by atoms with Crippen molar-refractivity contribution in [2.45, 2.75) is 32.7 Å². The van der Waals surface area contributed by atoms with Gasteiger partial charge in [-0.15, -0.1) is 0 Å². The highest BCUT2D eigenvalue weighted by molar-refractivity contribution is 6.42. The SMILES string of the molecule is COc1ccc(-c2c3c4n(c(-c5ccc(Cl)c(Cl)c5)cn4c2C(=O)Nc2cccc(C)c2)CCCC3)cc1. The van der Waals surface area contributed by atoms with E-state index in [0.717, 1.165) is 70.8 Å². The third-order valence-corrected chi connectivity index (χ3v) is 7.96. The summed E-state index contributed by atoms with van der Waals surface area (Å²) in [6.07, 6.45) is 5.01. The van der Waals surface area contributed by atoms with Gasteiger partial charge in [0.15, 0.2) is 0 Å². The number of aryl methyl sites for hydroxylation is 3. The summed E-state index contributed by atoms with van der Waals surface area (Å²) in [5.74, 6) is 0.627. The van der Waals surface area contributed by atoms with Crippen molar-refractivity contribution in [2.24, 2.45) is 0 Å². The lowest BCUT2D eigenvalue weighted by molar-refractivity contribution is 0.102. The minimum Gasteiger partial charge on any atom is -0.497 e. The number of ether oxygens (including phenoxy) is 1. The number of carbonyl (C=O) groups is 1. The molecule has 2 aromatic heterocycles. The van der Waals surface area contributed by atoms with Gasteiger partial charge in [-0.3, -0.25) is 9.20 Å². The number of nitrogens with one attached hydrogen (secondary N) is 1. The number of imidazole rings is 1. The second-order valence-corrected chi connectivity index (χ2v) is 10.5. The van der Waals surface area contributed by atoms with E-state index >= 15 is 0 Å². The number of benzene rings is 3. The van der Waals surface area contributed by atoms with Crippen molar-refractivity contribution in [2.75, 3.05) is 12.4 Å². The van der Waals surface area contributed by atoms with Crippen LogP contribution in [0.5, 0.6) is 5.75 Å². The van der Waals surface area contributed by atoms with Crippen molar-refractivity contribution in [3.63, 3.8) is 0 Å². The Bertz CT molecular complexity index is 1680. The first kappa shape index (κ1) is 24.7. The second-order valence-electron chi connectivity index (χ2n) is 9.70. The fourth-order valence-electron chi connectivity index (χ4n) is 5.48. The molecule has 0 bridgehead atoms. The van der Waals surface area contributed by atoms with Crippen LogP contribution in [0.3, 0.4) is 0 Å². The Balaban J connectivity index is 1.60. The van der Waals surface area contributed by atoms with Crippen LogP contribution in [0.2, 0.25) is 10.0 Å². The van der Waals surface area contributed by atoms with Crippen LogP contribution in [-0.4, -0.2) is 22.0 Å². The number of hydrogen-bond donors (Lipinski definition) is 1. The summed E-state index contributed by atoms with van der Waals surface area (Å²) in [7, 11) is 1.66. The van der Waals surface area contributed by atoms with Crippen LogP contribution in [0, 0.1) is 6.92 Å². The summed E-state index contributed by atoms with van der Waals surface area (Å²) in [4.78, 5) is 14.0. The molecule has 192 valence electrons. The largest absolute Gasteiger partial charge is 0.497 e. The smallest absolute Gasteiger partial charge is 0.273 e. The molecule has 6 rings (SSSR count). The van der Waals surface area contributed by atoms with E-state index < -0.39 is 0 Å². The molecule has 5 aromatic rings. The number of aromatic nitrogens is 2. The quantitative estimate of drug-likeness (QED) is 0.242. The molecule has 3 aromatic carbocycles. The van der Waals surface area contributed by atoms with Gasteiger partial charge in [-0.1, -0.05) is 53.5 Å². The molecule has 0 radical (unpaired) electrons. The molecular weight excluding hydrogens is 517 g/mol. The third-order valence-electron chi connectivity index (χ3n) is 7.22. The fraction of sp³-hybridized carbons (Fsp3) is 0.194. The summed E-state index contributed by atoms with van der Waals surface area (Å²) in [5.41, 5.74) is 8.61. The van der Waals surface area contributed by atoms with E-state index in [2.05, 4.69) is 20.5 Å². The zero-order chi connectivity index (χ0) is 26.4. The number of hydrogen-bond acceptors (Lipinski definition) is 2. The van der Waals surface area contributed by atoms with Gasteiger partial charge in [-0.05, 0) is 73.7 Å². The zero-order valence-electron chi connectivity index (χ0n) is 21.2. The third kappa shape index (κ3) is 4.26. The predicted octanol–water partition coefficient (Wildman–Crippen LogP) is 8.29. The number of amides is 1. The van der Waals surface area contributed by atoms with E-state index in [1.807, 2.05) is 73.7 Å². The molecule has 7 heteroatoms. The van der Waals surface area contributed by atoms with Gasteiger partial charge in [-0.25, -0.2) is 0 Å². The Morgan fingerprint density at radius 1 is 0.947 bits per heavy atom. The Morgan fingerprint density at radius 2 is 1.74 bits per heavy atom. The van der Waals surface area contributed by atoms with Gasteiger partial charge in [0, 0.05) is 35.1 Å². The molecule has 0 aliphatic carbocycles. The molecule has 0 unspecified atom stereocenters. The van der Waals surface area contributed by atoms with Crippen LogP contribution in [0.4, 0.5) is 5.69 Å². The lowest BCUT2D eigenvalue weighted by atomic mass is 9.97. The molecule has 1 N–H and O–H groups in total. The predicted molar refractivity (Wildman–Crippen MR) is 155 cm³/mol. The van der Waals surface area contributed by atoms with Crippen LogP contribution >= 0.6 is 23.2 Å². The summed E-state index contributed by atoms with van der Waals surface area (Å²) in [6.45, 7) is 2.87. The minimum atomic E-state index is -0.152. The molecule has 5 nitrogen and oxygen atoms in total. The standard InChI is InChI=1S/C31H27Cl2N3O2/c1-19-6-5-7-22(16-19)34-30(37)29-28(20-9-12-23(38-2)13-10-20)24-8-3-4-15-35-27(18-36(29)31(24)35)21-11-14-25(32)26(33)17-21/h5-7,9-14,16-18H,3-4,8,15H2,1-2H3,(H,34,37). The van der Waals surface area contributed by atoms with Crippen LogP contribution in [-0.2, 0) is 13.0 Å². The maximum absolute atomic E-state index is 14.0. The first-order valence-corrected chi connectivity index (χ1v) is 13.4.